The minimum atomic E-state index is -0.782. The normalized spacial score (nSPS) is 15.1. The number of halogens is 2. The van der Waals surface area contributed by atoms with E-state index in [1.807, 2.05) is 0 Å². The van der Waals surface area contributed by atoms with Gasteiger partial charge in [0, 0.05) is 11.1 Å². The monoisotopic (exact) mass is 309 g/mol. The van der Waals surface area contributed by atoms with E-state index in [9.17, 15) is 14.4 Å². The van der Waals surface area contributed by atoms with Crippen molar-refractivity contribution in [2.45, 2.75) is 0 Å². The molecule has 1 aliphatic rings. The average molecular weight is 310 g/mol. The van der Waals surface area contributed by atoms with E-state index in [2.05, 4.69) is 0 Å². The maximum absolute atomic E-state index is 11.8. The number of benzene rings is 1. The first-order valence-corrected chi connectivity index (χ1v) is 6.21. The number of hydrogen-bond acceptors (Lipinski definition) is 4. The SMILES string of the molecule is O=C(Oc1cc(C(=O)Cl)cc(C(=O)Cl)c1)[C]1[CH][CH][CH][CH]1. The average Bonchev–Trinajstić information content (AvgIpc) is 2.92. The summed E-state index contributed by atoms with van der Waals surface area (Å²) in [5.41, 5.74) is 0.0342. The van der Waals surface area contributed by atoms with E-state index in [-0.39, 0.29) is 16.9 Å². The Morgan fingerprint density at radius 2 is 1.35 bits per heavy atom. The first kappa shape index (κ1) is 15.0. The minimum absolute atomic E-state index is 0.0171. The summed E-state index contributed by atoms with van der Waals surface area (Å²) in [5, 5.41) is -1.56. The molecular formula is C14H7Cl2O4. The van der Waals surface area contributed by atoms with Crippen LogP contribution in [0.1, 0.15) is 20.7 Å². The van der Waals surface area contributed by atoms with Gasteiger partial charge in [0.2, 0.25) is 0 Å². The standard InChI is InChI=1S/C14H7Cl2O4/c15-12(17)9-5-10(13(16)18)7-11(6-9)20-14(19)8-3-1-2-4-8/h1-7H. The van der Waals surface area contributed by atoms with Gasteiger partial charge in [-0.15, -0.1) is 0 Å². The van der Waals surface area contributed by atoms with Crippen molar-refractivity contribution in [1.29, 1.82) is 0 Å². The number of rotatable bonds is 4. The van der Waals surface area contributed by atoms with Gasteiger partial charge in [-0.05, 0) is 67.1 Å². The lowest BCUT2D eigenvalue weighted by Gasteiger charge is -2.09. The smallest absolute Gasteiger partial charge is 0.319 e. The largest absolute Gasteiger partial charge is 0.426 e. The molecule has 0 aromatic heterocycles. The molecule has 1 saturated carbocycles. The topological polar surface area (TPSA) is 60.4 Å². The van der Waals surface area contributed by atoms with Crippen molar-refractivity contribution >= 4 is 39.7 Å². The van der Waals surface area contributed by atoms with Crippen LogP contribution in [0.15, 0.2) is 18.2 Å². The molecule has 20 heavy (non-hydrogen) atoms. The molecule has 0 atom stereocenters. The van der Waals surface area contributed by atoms with Crippen molar-refractivity contribution in [3.8, 4) is 5.75 Å². The van der Waals surface area contributed by atoms with Crippen LogP contribution in [-0.4, -0.2) is 16.5 Å². The molecule has 0 heterocycles. The summed E-state index contributed by atoms with van der Waals surface area (Å²) >= 11 is 10.7. The molecule has 1 fully saturated rings. The Morgan fingerprint density at radius 3 is 1.80 bits per heavy atom. The zero-order chi connectivity index (χ0) is 14.7. The summed E-state index contributed by atoms with van der Waals surface area (Å²) in [4.78, 5) is 34.1. The Hall–Kier alpha value is -1.39. The number of carbonyl (C=O) groups excluding carboxylic acids is 3. The van der Waals surface area contributed by atoms with Crippen LogP contribution in [0.5, 0.6) is 5.75 Å². The fraction of sp³-hybridized carbons (Fsp3) is 0. The first-order chi connectivity index (χ1) is 9.47. The first-order valence-electron chi connectivity index (χ1n) is 5.46. The van der Waals surface area contributed by atoms with Crippen molar-refractivity contribution in [1.82, 2.24) is 0 Å². The highest BCUT2D eigenvalue weighted by Gasteiger charge is 2.27. The predicted octanol–water partition coefficient (Wildman–Crippen LogP) is 2.76. The number of ether oxygens (including phenoxy) is 1. The van der Waals surface area contributed by atoms with E-state index < -0.39 is 16.5 Å². The molecule has 1 aliphatic carbocycles. The summed E-state index contributed by atoms with van der Waals surface area (Å²) in [6, 6.07) is 3.75. The third-order valence-electron chi connectivity index (χ3n) is 2.47. The molecule has 101 valence electrons. The van der Waals surface area contributed by atoms with Crippen molar-refractivity contribution < 1.29 is 19.1 Å². The summed E-state index contributed by atoms with van der Waals surface area (Å²) in [7, 11) is 0. The second-order valence-electron chi connectivity index (χ2n) is 3.86. The summed E-state index contributed by atoms with van der Waals surface area (Å²) in [6.45, 7) is 0. The van der Waals surface area contributed by atoms with Gasteiger partial charge < -0.3 is 4.74 Å². The third kappa shape index (κ3) is 3.58. The lowest BCUT2D eigenvalue weighted by Crippen LogP contribution is -2.17. The molecule has 0 spiro atoms. The Labute approximate surface area is 126 Å². The van der Waals surface area contributed by atoms with E-state index in [0.717, 1.165) is 0 Å². The second-order valence-corrected chi connectivity index (χ2v) is 4.54. The summed E-state index contributed by atoms with van der Waals surface area (Å²) < 4.78 is 5.08. The van der Waals surface area contributed by atoms with Gasteiger partial charge in [0.05, 0.1) is 5.92 Å². The zero-order valence-corrected chi connectivity index (χ0v) is 11.4. The molecule has 1 aromatic rings. The second kappa shape index (κ2) is 6.37. The highest BCUT2D eigenvalue weighted by Crippen LogP contribution is 2.26. The molecule has 5 radical (unpaired) electrons. The Bertz CT molecular complexity index is 530. The molecule has 0 unspecified atom stereocenters. The highest BCUT2D eigenvalue weighted by atomic mass is 35.5. The maximum Gasteiger partial charge on any atom is 0.319 e. The van der Waals surface area contributed by atoms with Gasteiger partial charge in [-0.2, -0.15) is 0 Å². The molecule has 6 heteroatoms. The fourth-order valence-corrected chi connectivity index (χ4v) is 1.78. The molecule has 1 aromatic carbocycles. The van der Waals surface area contributed by atoms with Gasteiger partial charge in [0.15, 0.2) is 0 Å². The Morgan fingerprint density at radius 1 is 0.850 bits per heavy atom. The van der Waals surface area contributed by atoms with Gasteiger partial charge in [0.1, 0.15) is 5.75 Å². The van der Waals surface area contributed by atoms with Crippen LogP contribution in [0.3, 0.4) is 0 Å². The molecule has 2 rings (SSSR count). The lowest BCUT2D eigenvalue weighted by molar-refractivity contribution is -0.131. The third-order valence-corrected chi connectivity index (χ3v) is 2.91. The predicted molar refractivity (Wildman–Crippen MR) is 72.9 cm³/mol. The van der Waals surface area contributed by atoms with Gasteiger partial charge in [-0.25, -0.2) is 0 Å². The van der Waals surface area contributed by atoms with Gasteiger partial charge in [-0.1, -0.05) is 0 Å². The fourth-order valence-electron chi connectivity index (χ4n) is 1.56. The minimum Gasteiger partial charge on any atom is -0.426 e. The van der Waals surface area contributed by atoms with Crippen LogP contribution in [0, 0.1) is 31.6 Å². The lowest BCUT2D eigenvalue weighted by atomic mass is 10.1. The zero-order valence-electron chi connectivity index (χ0n) is 9.93. The van der Waals surface area contributed by atoms with E-state index in [4.69, 9.17) is 27.9 Å². The van der Waals surface area contributed by atoms with Crippen molar-refractivity contribution in [2.24, 2.45) is 0 Å². The van der Waals surface area contributed by atoms with Crippen LogP contribution in [0.4, 0.5) is 0 Å². The molecule has 4 nitrogen and oxygen atoms in total. The maximum atomic E-state index is 11.8. The van der Waals surface area contributed by atoms with E-state index in [1.165, 1.54) is 18.2 Å². The van der Waals surface area contributed by atoms with E-state index >= 15 is 0 Å². The van der Waals surface area contributed by atoms with E-state index in [1.54, 1.807) is 25.7 Å². The Kier molecular flexibility index (Phi) is 4.78. The Balaban J connectivity index is 2.23. The van der Waals surface area contributed by atoms with Crippen LogP contribution in [0.25, 0.3) is 0 Å². The molecule has 0 bridgehead atoms. The number of hydrogen-bond donors (Lipinski definition) is 0. The molecule has 0 saturated heterocycles. The quantitative estimate of drug-likeness (QED) is 0.487. The van der Waals surface area contributed by atoms with Crippen molar-refractivity contribution in [3.63, 3.8) is 0 Å². The van der Waals surface area contributed by atoms with Gasteiger partial charge in [-0.3, -0.25) is 14.4 Å². The van der Waals surface area contributed by atoms with Crippen LogP contribution in [-0.2, 0) is 4.79 Å². The van der Waals surface area contributed by atoms with Crippen molar-refractivity contribution in [3.05, 3.63) is 60.9 Å². The molecule has 0 N–H and O–H groups in total. The number of carbonyl (C=O) groups is 3. The molecule has 0 amide bonds. The number of esters is 1. The summed E-state index contributed by atoms with van der Waals surface area (Å²) in [5.74, 6) is -0.236. The van der Waals surface area contributed by atoms with Crippen LogP contribution < -0.4 is 4.74 Å². The van der Waals surface area contributed by atoms with Gasteiger partial charge >= 0.3 is 5.97 Å². The van der Waals surface area contributed by atoms with Crippen LogP contribution >= 0.6 is 23.2 Å². The summed E-state index contributed by atoms with van der Waals surface area (Å²) in [6.07, 6.45) is 6.52. The van der Waals surface area contributed by atoms with Crippen molar-refractivity contribution in [2.75, 3.05) is 0 Å². The molecular weight excluding hydrogens is 303 g/mol. The molecule has 0 aliphatic heterocycles. The van der Waals surface area contributed by atoms with E-state index in [0.29, 0.717) is 5.92 Å². The van der Waals surface area contributed by atoms with Gasteiger partial charge in [0.25, 0.3) is 10.5 Å². The van der Waals surface area contributed by atoms with Crippen LogP contribution in [0.2, 0.25) is 0 Å². The highest BCUT2D eigenvalue weighted by molar-refractivity contribution is 6.69.